The molecule has 0 bridgehead atoms. The second-order valence-electron chi connectivity index (χ2n) is 5.63. The molecule has 1 unspecified atom stereocenters. The van der Waals surface area contributed by atoms with Crippen molar-refractivity contribution in [1.82, 2.24) is 10.3 Å². The fourth-order valence-corrected chi connectivity index (χ4v) is 3.00. The molecule has 0 saturated heterocycles. The van der Waals surface area contributed by atoms with Crippen LogP contribution in [0.4, 0.5) is 30.5 Å². The highest BCUT2D eigenvalue weighted by molar-refractivity contribution is 6.30. The van der Waals surface area contributed by atoms with Crippen LogP contribution < -0.4 is 22.1 Å². The first-order valence-corrected chi connectivity index (χ1v) is 7.90. The van der Waals surface area contributed by atoms with Crippen LogP contribution in [0.5, 0.6) is 0 Å². The maximum absolute atomic E-state index is 13.6. The van der Waals surface area contributed by atoms with Crippen LogP contribution in [-0.4, -0.2) is 10.9 Å². The van der Waals surface area contributed by atoms with Crippen LogP contribution in [0.15, 0.2) is 23.2 Å². The number of alkyl halides is 3. The Morgan fingerprint density at radius 2 is 1.96 bits per heavy atom. The summed E-state index contributed by atoms with van der Waals surface area (Å²) in [5.74, 6) is -0.408. The van der Waals surface area contributed by atoms with E-state index in [0.29, 0.717) is 0 Å². The van der Waals surface area contributed by atoms with Crippen LogP contribution in [0.25, 0.3) is 0 Å². The number of nitrogens with one attached hydrogen (secondary N) is 2. The number of anilines is 3. The molecule has 2 heterocycles. The van der Waals surface area contributed by atoms with Gasteiger partial charge in [-0.05, 0) is 23.8 Å². The third-order valence-electron chi connectivity index (χ3n) is 3.97. The van der Waals surface area contributed by atoms with Gasteiger partial charge in [-0.25, -0.2) is 9.98 Å². The molecule has 0 fully saturated rings. The number of nitrogens with zero attached hydrogens (tertiary/aromatic N) is 4. The molecule has 2 aromatic rings. The molecule has 0 aliphatic carbocycles. The topological polar surface area (TPSA) is 149 Å². The van der Waals surface area contributed by atoms with Gasteiger partial charge in [-0.2, -0.15) is 23.7 Å². The number of nitrogen functional groups attached to an aromatic ring is 2. The summed E-state index contributed by atoms with van der Waals surface area (Å²) >= 11 is 5.92. The zero-order valence-electron chi connectivity index (χ0n) is 13.8. The van der Waals surface area contributed by atoms with Crippen LogP contribution in [-0.2, 0) is 6.18 Å². The van der Waals surface area contributed by atoms with E-state index in [2.05, 4.69) is 20.6 Å². The smallest absolute Gasteiger partial charge is 0.397 e. The summed E-state index contributed by atoms with van der Waals surface area (Å²) in [5, 5.41) is 23.0. The average Bonchev–Trinajstić information content (AvgIpc) is 2.60. The van der Waals surface area contributed by atoms with E-state index < -0.39 is 17.8 Å². The molecule has 8 nitrogen and oxygen atoms in total. The molecule has 142 valence electrons. The second-order valence-corrected chi connectivity index (χ2v) is 6.07. The standard InChI is InChI=1S/C16H10ClF3N8/c17-6-1-2-9(16(18,19)20)7(3-6)12-10-11(23)8(4-21)13(24)27-14(10)28-15(26-12)25-5-22/h1-3,12H,(H6,23,24,25,26,27,28). The Balaban J connectivity index is 2.35. The number of rotatable bonds is 1. The van der Waals surface area contributed by atoms with Crippen molar-refractivity contribution in [3.05, 3.63) is 45.5 Å². The Bertz CT molecular complexity index is 1080. The second kappa shape index (κ2) is 6.79. The third kappa shape index (κ3) is 3.19. The number of halogens is 4. The summed E-state index contributed by atoms with van der Waals surface area (Å²) < 4.78 is 40.7. The molecule has 0 spiro atoms. The molecule has 1 atom stereocenters. The number of fused-ring (bicyclic) bond motifs is 1. The van der Waals surface area contributed by atoms with Gasteiger partial charge in [0, 0.05) is 10.6 Å². The molecule has 3 rings (SSSR count). The summed E-state index contributed by atoms with van der Waals surface area (Å²) in [6, 6.07) is 3.44. The first-order valence-electron chi connectivity index (χ1n) is 7.52. The lowest BCUT2D eigenvalue weighted by Crippen LogP contribution is -2.33. The van der Waals surface area contributed by atoms with Gasteiger partial charge >= 0.3 is 6.18 Å². The molecule has 1 aliphatic heterocycles. The zero-order valence-corrected chi connectivity index (χ0v) is 14.5. The Hall–Kier alpha value is -3.70. The third-order valence-corrected chi connectivity index (χ3v) is 4.21. The number of aliphatic imine (C=N–C) groups is 1. The minimum absolute atomic E-state index is 0.0157. The highest BCUT2D eigenvalue weighted by atomic mass is 35.5. The summed E-state index contributed by atoms with van der Waals surface area (Å²) in [6.07, 6.45) is -3.10. The van der Waals surface area contributed by atoms with E-state index >= 15 is 0 Å². The van der Waals surface area contributed by atoms with Crippen molar-refractivity contribution in [2.75, 3.05) is 16.8 Å². The lowest BCUT2D eigenvalue weighted by Gasteiger charge is -2.28. The van der Waals surface area contributed by atoms with E-state index in [1.54, 1.807) is 12.3 Å². The molecule has 12 heteroatoms. The summed E-state index contributed by atoms with van der Waals surface area (Å²) in [6.45, 7) is 0. The highest BCUT2D eigenvalue weighted by Crippen LogP contribution is 2.45. The molecule has 0 saturated carbocycles. The van der Waals surface area contributed by atoms with Gasteiger partial charge < -0.3 is 16.8 Å². The molecule has 1 aromatic heterocycles. The molecule has 1 aromatic carbocycles. The fourth-order valence-electron chi connectivity index (χ4n) is 2.82. The Morgan fingerprint density at radius 1 is 1.25 bits per heavy atom. The monoisotopic (exact) mass is 406 g/mol. The molecular formula is C16H10ClF3N8. The SMILES string of the molecule is N#CNC1=NC(c2cc(Cl)ccc2C(F)(F)F)c2c(nc(N)c(C#N)c2N)N1. The summed E-state index contributed by atoms with van der Waals surface area (Å²) in [4.78, 5) is 8.09. The molecule has 0 radical (unpaired) electrons. The van der Waals surface area contributed by atoms with Crippen molar-refractivity contribution in [1.29, 1.82) is 10.5 Å². The number of guanidine groups is 1. The summed E-state index contributed by atoms with van der Waals surface area (Å²) in [7, 11) is 0. The predicted molar refractivity (Wildman–Crippen MR) is 95.9 cm³/mol. The van der Waals surface area contributed by atoms with E-state index in [-0.39, 0.29) is 45.0 Å². The van der Waals surface area contributed by atoms with Gasteiger partial charge in [0.15, 0.2) is 6.19 Å². The maximum Gasteiger partial charge on any atom is 0.416 e. The molecule has 6 N–H and O–H groups in total. The van der Waals surface area contributed by atoms with Gasteiger partial charge in [-0.3, -0.25) is 5.32 Å². The lowest BCUT2D eigenvalue weighted by atomic mass is 9.91. The first-order chi connectivity index (χ1) is 13.2. The van der Waals surface area contributed by atoms with Crippen molar-refractivity contribution >= 4 is 34.9 Å². The Kier molecular flexibility index (Phi) is 4.63. The Labute approximate surface area is 161 Å². The minimum atomic E-state index is -4.71. The average molecular weight is 407 g/mol. The largest absolute Gasteiger partial charge is 0.416 e. The van der Waals surface area contributed by atoms with Gasteiger partial charge in [-0.15, -0.1) is 0 Å². The first kappa shape index (κ1) is 19.1. The van der Waals surface area contributed by atoms with E-state index in [1.165, 1.54) is 0 Å². The van der Waals surface area contributed by atoms with Crippen LogP contribution in [0.2, 0.25) is 5.02 Å². The number of hydrogen-bond donors (Lipinski definition) is 4. The van der Waals surface area contributed by atoms with E-state index in [4.69, 9.17) is 28.3 Å². The number of nitriles is 2. The van der Waals surface area contributed by atoms with Gasteiger partial charge in [0.1, 0.15) is 29.3 Å². The Morgan fingerprint density at radius 3 is 2.57 bits per heavy atom. The maximum atomic E-state index is 13.6. The van der Waals surface area contributed by atoms with Gasteiger partial charge in [0.25, 0.3) is 0 Å². The number of pyridine rings is 1. The summed E-state index contributed by atoms with van der Waals surface area (Å²) in [5.41, 5.74) is 10.1. The van der Waals surface area contributed by atoms with E-state index in [0.717, 1.165) is 18.2 Å². The van der Waals surface area contributed by atoms with Crippen molar-refractivity contribution in [2.24, 2.45) is 4.99 Å². The van der Waals surface area contributed by atoms with Crippen LogP contribution >= 0.6 is 11.6 Å². The number of hydrogen-bond acceptors (Lipinski definition) is 8. The molecular weight excluding hydrogens is 397 g/mol. The zero-order chi connectivity index (χ0) is 20.6. The lowest BCUT2D eigenvalue weighted by molar-refractivity contribution is -0.138. The fraction of sp³-hybridized carbons (Fsp3) is 0.125. The molecule has 28 heavy (non-hydrogen) atoms. The van der Waals surface area contributed by atoms with Crippen molar-refractivity contribution in [3.8, 4) is 12.3 Å². The predicted octanol–water partition coefficient (Wildman–Crippen LogP) is 2.73. The van der Waals surface area contributed by atoms with Crippen LogP contribution in [0.3, 0.4) is 0 Å². The number of aromatic nitrogens is 1. The quantitative estimate of drug-likeness (QED) is 0.420. The molecule has 0 amide bonds. The van der Waals surface area contributed by atoms with Crippen LogP contribution in [0.1, 0.15) is 28.3 Å². The number of benzene rings is 1. The highest BCUT2D eigenvalue weighted by Gasteiger charge is 2.38. The van der Waals surface area contributed by atoms with Crippen molar-refractivity contribution in [2.45, 2.75) is 12.2 Å². The van der Waals surface area contributed by atoms with Gasteiger partial charge in [0.05, 0.1) is 11.3 Å². The van der Waals surface area contributed by atoms with Crippen LogP contribution in [0, 0.1) is 22.8 Å². The van der Waals surface area contributed by atoms with Crippen molar-refractivity contribution in [3.63, 3.8) is 0 Å². The van der Waals surface area contributed by atoms with Gasteiger partial charge in [0.2, 0.25) is 5.96 Å². The molecule has 1 aliphatic rings. The van der Waals surface area contributed by atoms with Crippen molar-refractivity contribution < 1.29 is 13.2 Å². The van der Waals surface area contributed by atoms with E-state index in [1.807, 2.05) is 0 Å². The van der Waals surface area contributed by atoms with Gasteiger partial charge in [-0.1, -0.05) is 11.6 Å². The number of nitrogens with two attached hydrogens (primary N) is 2. The minimum Gasteiger partial charge on any atom is -0.397 e. The van der Waals surface area contributed by atoms with E-state index in [9.17, 15) is 18.4 Å². The normalized spacial score (nSPS) is 15.5.